The molecule has 0 nitrogen and oxygen atoms in total. The molecule has 0 saturated heterocycles. The van der Waals surface area contributed by atoms with E-state index in [-0.39, 0.29) is 0 Å². The zero-order valence-corrected chi connectivity index (χ0v) is 12.4. The highest BCUT2D eigenvalue weighted by molar-refractivity contribution is 5.87. The first kappa shape index (κ1) is 16.6. The number of halogens is 6. The molecule has 0 spiro atoms. The third-order valence-corrected chi connectivity index (χ3v) is 3.61. The lowest BCUT2D eigenvalue weighted by Gasteiger charge is -2.17. The standard InChI is InChI=1S/C16H14F6/c1-5(2)7-11(17)9-10(15(21)13(7)19)12(18)8(6(3)4)14(20)16(9)22/h5-6H,1-4H3. The van der Waals surface area contributed by atoms with Gasteiger partial charge in [0.2, 0.25) is 0 Å². The molecule has 120 valence electrons. The van der Waals surface area contributed by atoms with Crippen LogP contribution in [-0.4, -0.2) is 0 Å². The topological polar surface area (TPSA) is 0 Å². The molecule has 0 aromatic heterocycles. The minimum Gasteiger partial charge on any atom is -0.206 e. The van der Waals surface area contributed by atoms with Crippen LogP contribution < -0.4 is 0 Å². The van der Waals surface area contributed by atoms with Crippen LogP contribution in [0.25, 0.3) is 10.8 Å². The Bertz CT molecular complexity index is 697. The molecular formula is C16H14F6. The van der Waals surface area contributed by atoms with E-state index in [1.165, 1.54) is 27.7 Å². The van der Waals surface area contributed by atoms with Gasteiger partial charge in [-0.2, -0.15) is 0 Å². The van der Waals surface area contributed by atoms with Crippen LogP contribution in [0.3, 0.4) is 0 Å². The maximum atomic E-state index is 14.3. The summed E-state index contributed by atoms with van der Waals surface area (Å²) in [4.78, 5) is 0. The van der Waals surface area contributed by atoms with Crippen LogP contribution >= 0.6 is 0 Å². The largest absolute Gasteiger partial charge is 0.206 e. The fourth-order valence-electron chi connectivity index (χ4n) is 2.56. The monoisotopic (exact) mass is 320 g/mol. The van der Waals surface area contributed by atoms with E-state index < -0.39 is 68.6 Å². The summed E-state index contributed by atoms with van der Waals surface area (Å²) in [5.41, 5.74) is -1.47. The Morgan fingerprint density at radius 1 is 0.455 bits per heavy atom. The molecule has 0 N–H and O–H groups in total. The molecule has 0 fully saturated rings. The second-order valence-electron chi connectivity index (χ2n) is 5.77. The third kappa shape index (κ3) is 2.16. The number of rotatable bonds is 2. The Morgan fingerprint density at radius 2 is 0.727 bits per heavy atom. The normalized spacial score (nSPS) is 12.0. The van der Waals surface area contributed by atoms with Gasteiger partial charge in [-0.1, -0.05) is 27.7 Å². The number of hydrogen-bond acceptors (Lipinski definition) is 0. The maximum absolute atomic E-state index is 14.3. The van der Waals surface area contributed by atoms with Crippen molar-refractivity contribution >= 4 is 10.8 Å². The van der Waals surface area contributed by atoms with Crippen molar-refractivity contribution in [2.45, 2.75) is 39.5 Å². The molecule has 0 radical (unpaired) electrons. The first-order valence-electron chi connectivity index (χ1n) is 6.77. The van der Waals surface area contributed by atoms with Gasteiger partial charge in [0.05, 0.1) is 10.8 Å². The summed E-state index contributed by atoms with van der Waals surface area (Å²) in [7, 11) is 0. The van der Waals surface area contributed by atoms with E-state index in [4.69, 9.17) is 0 Å². The van der Waals surface area contributed by atoms with Crippen LogP contribution in [0, 0.1) is 34.9 Å². The van der Waals surface area contributed by atoms with E-state index in [1.807, 2.05) is 0 Å². The highest BCUT2D eigenvalue weighted by Gasteiger charge is 2.31. The zero-order chi connectivity index (χ0) is 16.9. The van der Waals surface area contributed by atoms with E-state index >= 15 is 0 Å². The Balaban J connectivity index is 3.15. The second-order valence-corrected chi connectivity index (χ2v) is 5.77. The Morgan fingerprint density at radius 3 is 0.955 bits per heavy atom. The molecule has 2 aromatic carbocycles. The lowest BCUT2D eigenvalue weighted by Crippen LogP contribution is -2.10. The molecule has 0 unspecified atom stereocenters. The second kappa shape index (κ2) is 5.48. The van der Waals surface area contributed by atoms with Gasteiger partial charge < -0.3 is 0 Å². The van der Waals surface area contributed by atoms with E-state index in [2.05, 4.69) is 0 Å². The van der Waals surface area contributed by atoms with Gasteiger partial charge in [-0.3, -0.25) is 0 Å². The fourth-order valence-corrected chi connectivity index (χ4v) is 2.56. The minimum atomic E-state index is -1.71. The van der Waals surface area contributed by atoms with Crippen LogP contribution in [0.15, 0.2) is 0 Å². The third-order valence-electron chi connectivity index (χ3n) is 3.61. The van der Waals surface area contributed by atoms with Crippen LogP contribution in [0.4, 0.5) is 26.3 Å². The Hall–Kier alpha value is -1.72. The van der Waals surface area contributed by atoms with Gasteiger partial charge in [0.1, 0.15) is 11.6 Å². The predicted octanol–water partition coefficient (Wildman–Crippen LogP) is 5.92. The van der Waals surface area contributed by atoms with E-state index in [1.54, 1.807) is 0 Å². The average molecular weight is 320 g/mol. The molecule has 0 amide bonds. The van der Waals surface area contributed by atoms with E-state index in [0.717, 1.165) is 0 Å². The van der Waals surface area contributed by atoms with E-state index in [0.29, 0.717) is 0 Å². The maximum Gasteiger partial charge on any atom is 0.170 e. The van der Waals surface area contributed by atoms with Gasteiger partial charge >= 0.3 is 0 Å². The molecule has 2 rings (SSSR count). The highest BCUT2D eigenvalue weighted by atomic mass is 19.2. The molecule has 0 aliphatic carbocycles. The molecule has 0 heterocycles. The molecule has 0 aliphatic rings. The van der Waals surface area contributed by atoms with Crippen molar-refractivity contribution in [1.82, 2.24) is 0 Å². The van der Waals surface area contributed by atoms with Crippen LogP contribution in [0.2, 0.25) is 0 Å². The van der Waals surface area contributed by atoms with Crippen molar-refractivity contribution < 1.29 is 26.3 Å². The van der Waals surface area contributed by atoms with Crippen molar-refractivity contribution in [3.8, 4) is 0 Å². The molecule has 0 aliphatic heterocycles. The van der Waals surface area contributed by atoms with Crippen LogP contribution in [0.1, 0.15) is 50.7 Å². The van der Waals surface area contributed by atoms with Crippen molar-refractivity contribution in [2.75, 3.05) is 0 Å². The summed E-state index contributed by atoms with van der Waals surface area (Å²) < 4.78 is 84.9. The summed E-state index contributed by atoms with van der Waals surface area (Å²) in [6.07, 6.45) is 0. The molecule has 2 aromatic rings. The zero-order valence-electron chi connectivity index (χ0n) is 12.4. The molecule has 22 heavy (non-hydrogen) atoms. The first-order chi connectivity index (χ1) is 10.1. The molecule has 0 atom stereocenters. The van der Waals surface area contributed by atoms with Gasteiger partial charge in [0.15, 0.2) is 23.3 Å². The molecular weight excluding hydrogens is 306 g/mol. The SMILES string of the molecule is CC(C)c1c(F)c(F)c2c(F)c(C(C)C)c(F)c(F)c2c1F. The van der Waals surface area contributed by atoms with E-state index in [9.17, 15) is 26.3 Å². The summed E-state index contributed by atoms with van der Waals surface area (Å²) in [6, 6.07) is 0. The summed E-state index contributed by atoms with van der Waals surface area (Å²) >= 11 is 0. The fraction of sp³-hybridized carbons (Fsp3) is 0.375. The predicted molar refractivity (Wildman–Crippen MR) is 71.9 cm³/mol. The van der Waals surface area contributed by atoms with Crippen LogP contribution in [0.5, 0.6) is 0 Å². The summed E-state index contributed by atoms with van der Waals surface area (Å²) in [5, 5.41) is -2.39. The minimum absolute atomic E-state index is 0.736. The molecule has 0 saturated carbocycles. The lowest BCUT2D eigenvalue weighted by molar-refractivity contribution is 0.457. The molecule has 6 heteroatoms. The smallest absolute Gasteiger partial charge is 0.170 e. The Kier molecular flexibility index (Phi) is 4.15. The number of hydrogen-bond donors (Lipinski definition) is 0. The average Bonchev–Trinajstić information content (AvgIpc) is 2.39. The molecule has 0 bridgehead atoms. The Labute approximate surface area is 123 Å². The lowest BCUT2D eigenvalue weighted by atomic mass is 9.92. The van der Waals surface area contributed by atoms with Crippen molar-refractivity contribution in [1.29, 1.82) is 0 Å². The van der Waals surface area contributed by atoms with Crippen molar-refractivity contribution in [3.05, 3.63) is 46.0 Å². The van der Waals surface area contributed by atoms with Gasteiger partial charge in [0, 0.05) is 11.1 Å². The van der Waals surface area contributed by atoms with Crippen molar-refractivity contribution in [3.63, 3.8) is 0 Å². The van der Waals surface area contributed by atoms with Crippen molar-refractivity contribution in [2.24, 2.45) is 0 Å². The van der Waals surface area contributed by atoms with Gasteiger partial charge in [-0.25, -0.2) is 26.3 Å². The van der Waals surface area contributed by atoms with Gasteiger partial charge in [-0.05, 0) is 11.8 Å². The quantitative estimate of drug-likeness (QED) is 0.476. The van der Waals surface area contributed by atoms with Crippen LogP contribution in [-0.2, 0) is 0 Å². The summed E-state index contributed by atoms with van der Waals surface area (Å²) in [5.74, 6) is -11.2. The summed E-state index contributed by atoms with van der Waals surface area (Å²) in [6.45, 7) is 5.44. The number of fused-ring (bicyclic) bond motifs is 1. The van der Waals surface area contributed by atoms with Gasteiger partial charge in [-0.15, -0.1) is 0 Å². The first-order valence-corrected chi connectivity index (χ1v) is 6.77. The highest BCUT2D eigenvalue weighted by Crippen LogP contribution is 2.38. The van der Waals surface area contributed by atoms with Gasteiger partial charge in [0.25, 0.3) is 0 Å². The number of benzene rings is 2.